The third-order valence-corrected chi connectivity index (χ3v) is 0.840. The summed E-state index contributed by atoms with van der Waals surface area (Å²) in [4.78, 5) is 4.60. The van der Waals surface area contributed by atoms with Crippen molar-refractivity contribution >= 4 is 0 Å². The molecule has 0 saturated heterocycles. The van der Waals surface area contributed by atoms with Crippen molar-refractivity contribution in [3.05, 3.63) is 0 Å². The molecule has 0 spiro atoms. The lowest BCUT2D eigenvalue weighted by atomic mass is 10.1. The van der Waals surface area contributed by atoms with E-state index in [1.807, 2.05) is 0 Å². The molecule has 0 aliphatic carbocycles. The van der Waals surface area contributed by atoms with Crippen molar-refractivity contribution in [2.45, 2.75) is 20.3 Å². The van der Waals surface area contributed by atoms with Crippen LogP contribution in [0.25, 0.3) is 0 Å². The molecule has 3 N–H and O–H groups in total. The van der Waals surface area contributed by atoms with Gasteiger partial charge in [0.25, 0.3) is 0 Å². The molecule has 0 rings (SSSR count). The normalized spacial score (nSPS) is 10.3. The first-order valence-electron chi connectivity index (χ1n) is 2.64. The highest BCUT2D eigenvalue weighted by atomic mass is 16.6. The second kappa shape index (κ2) is 4.09. The monoisotopic (exact) mass is 104 g/mol. The van der Waals surface area contributed by atoms with Crippen LogP contribution in [0.15, 0.2) is 0 Å². The first-order chi connectivity index (χ1) is 3.27. The minimum Gasteiger partial charge on any atom is -0.213 e. The van der Waals surface area contributed by atoms with Gasteiger partial charge in [-0.25, -0.2) is 10.7 Å². The number of hydrogen-bond donors (Lipinski definition) is 1. The highest BCUT2D eigenvalue weighted by Gasteiger charge is 1.90. The van der Waals surface area contributed by atoms with Crippen molar-refractivity contribution in [2.75, 3.05) is 6.61 Å². The van der Waals surface area contributed by atoms with Gasteiger partial charge in [0.2, 0.25) is 0 Å². The molecule has 0 fully saturated rings. The molecule has 0 unspecified atom stereocenters. The quantitative estimate of drug-likeness (QED) is 0.510. The molecule has 2 heteroatoms. The molecule has 2 nitrogen and oxygen atoms in total. The fourth-order valence-electron chi connectivity index (χ4n) is 0.319. The Hall–Kier alpha value is -0.0800. The Kier molecular flexibility index (Phi) is 4.04. The zero-order valence-corrected chi connectivity index (χ0v) is 5.11. The first-order valence-corrected chi connectivity index (χ1v) is 2.64. The lowest BCUT2D eigenvalue weighted by molar-refractivity contribution is -0.689. The fourth-order valence-corrected chi connectivity index (χ4v) is 0.319. The Morgan fingerprint density at radius 1 is 1.57 bits per heavy atom. The SMILES string of the molecule is CC(C)CCO[NH3+]. The molecule has 0 heterocycles. The molecule has 0 radical (unpaired) electrons. The van der Waals surface area contributed by atoms with Crippen molar-refractivity contribution in [1.82, 2.24) is 0 Å². The minimum atomic E-state index is 0.738. The van der Waals surface area contributed by atoms with Crippen LogP contribution in [0.3, 0.4) is 0 Å². The van der Waals surface area contributed by atoms with Crippen molar-refractivity contribution in [3.8, 4) is 0 Å². The van der Waals surface area contributed by atoms with E-state index in [0.717, 1.165) is 18.9 Å². The largest absolute Gasteiger partial charge is 0.213 e. The zero-order valence-electron chi connectivity index (χ0n) is 5.11. The van der Waals surface area contributed by atoms with E-state index in [2.05, 4.69) is 24.6 Å². The molecule has 0 aromatic carbocycles. The summed E-state index contributed by atoms with van der Waals surface area (Å²) in [5, 5.41) is 0. The highest BCUT2D eigenvalue weighted by Crippen LogP contribution is 1.96. The molecular formula is C5H14NO+. The second-order valence-electron chi connectivity index (χ2n) is 2.09. The summed E-state index contributed by atoms with van der Waals surface area (Å²) < 4.78 is 0. The summed E-state index contributed by atoms with van der Waals surface area (Å²) in [6.07, 6.45) is 1.11. The number of rotatable bonds is 3. The van der Waals surface area contributed by atoms with E-state index in [-0.39, 0.29) is 0 Å². The molecule has 0 amide bonds. The van der Waals surface area contributed by atoms with Gasteiger partial charge in [-0.3, -0.25) is 0 Å². The summed E-state index contributed by atoms with van der Waals surface area (Å²) >= 11 is 0. The van der Waals surface area contributed by atoms with Crippen LogP contribution in [-0.2, 0) is 4.84 Å². The number of hydrogen-bond acceptors (Lipinski definition) is 1. The van der Waals surface area contributed by atoms with Gasteiger partial charge in [0.05, 0.1) is 0 Å². The van der Waals surface area contributed by atoms with Crippen molar-refractivity contribution < 1.29 is 10.7 Å². The standard InChI is InChI=1S/C5H14NO/c1-5(2)3-4-7-6/h5H,3-4H2,1-2,6H3/q+1. The topological polar surface area (TPSA) is 36.9 Å². The van der Waals surface area contributed by atoms with Crippen molar-refractivity contribution in [2.24, 2.45) is 5.92 Å². The third-order valence-electron chi connectivity index (χ3n) is 0.840. The van der Waals surface area contributed by atoms with Gasteiger partial charge in [-0.05, 0) is 12.3 Å². The van der Waals surface area contributed by atoms with E-state index in [4.69, 9.17) is 0 Å². The summed E-state index contributed by atoms with van der Waals surface area (Å²) in [6, 6.07) is 0. The van der Waals surface area contributed by atoms with Crippen LogP contribution in [0, 0.1) is 5.92 Å². The van der Waals surface area contributed by atoms with Gasteiger partial charge in [-0.2, -0.15) is 0 Å². The predicted octanol–water partition coefficient (Wildman–Crippen LogP) is 0.206. The lowest BCUT2D eigenvalue weighted by Gasteiger charge is -1.97. The van der Waals surface area contributed by atoms with Crippen LogP contribution in [0.4, 0.5) is 0 Å². The average molecular weight is 104 g/mol. The van der Waals surface area contributed by atoms with Gasteiger partial charge in [0.15, 0.2) is 0 Å². The van der Waals surface area contributed by atoms with E-state index in [1.54, 1.807) is 0 Å². The molecule has 0 saturated carbocycles. The molecular weight excluding hydrogens is 90.1 g/mol. The van der Waals surface area contributed by atoms with Crippen molar-refractivity contribution in [1.29, 1.82) is 0 Å². The molecule has 0 aromatic rings. The van der Waals surface area contributed by atoms with E-state index in [1.165, 1.54) is 0 Å². The summed E-state index contributed by atoms with van der Waals surface area (Å²) in [6.45, 7) is 5.12. The number of quaternary nitrogens is 1. The Labute approximate surface area is 44.6 Å². The van der Waals surface area contributed by atoms with Crippen LogP contribution in [0.1, 0.15) is 20.3 Å². The van der Waals surface area contributed by atoms with Gasteiger partial charge < -0.3 is 0 Å². The summed E-state index contributed by atoms with van der Waals surface area (Å²) in [5.74, 6) is 4.00. The lowest BCUT2D eigenvalue weighted by Crippen LogP contribution is -2.49. The Bertz CT molecular complexity index is 37.1. The van der Waals surface area contributed by atoms with E-state index in [9.17, 15) is 0 Å². The van der Waals surface area contributed by atoms with Gasteiger partial charge in [-0.1, -0.05) is 13.8 Å². The summed E-state index contributed by atoms with van der Waals surface area (Å²) in [5.41, 5.74) is 0. The third kappa shape index (κ3) is 5.92. The Morgan fingerprint density at radius 3 is 2.29 bits per heavy atom. The first kappa shape index (κ1) is 6.92. The van der Waals surface area contributed by atoms with Crippen LogP contribution in [0.2, 0.25) is 0 Å². The van der Waals surface area contributed by atoms with Crippen molar-refractivity contribution in [3.63, 3.8) is 0 Å². The highest BCUT2D eigenvalue weighted by molar-refractivity contribution is 4.39. The van der Waals surface area contributed by atoms with E-state index >= 15 is 0 Å². The van der Waals surface area contributed by atoms with E-state index < -0.39 is 0 Å². The molecule has 0 bridgehead atoms. The predicted molar refractivity (Wildman–Crippen MR) is 28.3 cm³/mol. The second-order valence-corrected chi connectivity index (χ2v) is 2.09. The Balaban J connectivity index is 2.68. The zero-order chi connectivity index (χ0) is 5.70. The maximum atomic E-state index is 4.60. The smallest absolute Gasteiger partial charge is 0.106 e. The van der Waals surface area contributed by atoms with Crippen LogP contribution < -0.4 is 5.90 Å². The minimum absolute atomic E-state index is 0.738. The molecule has 0 aliphatic heterocycles. The molecule has 0 atom stereocenters. The maximum absolute atomic E-state index is 4.60. The molecule has 0 aliphatic rings. The molecule has 44 valence electrons. The van der Waals surface area contributed by atoms with Crippen LogP contribution >= 0.6 is 0 Å². The Morgan fingerprint density at radius 2 is 2.14 bits per heavy atom. The molecule has 7 heavy (non-hydrogen) atoms. The fraction of sp³-hybridized carbons (Fsp3) is 1.00. The van der Waals surface area contributed by atoms with Crippen LogP contribution in [0.5, 0.6) is 0 Å². The summed E-state index contributed by atoms with van der Waals surface area (Å²) in [7, 11) is 0. The van der Waals surface area contributed by atoms with Gasteiger partial charge in [-0.15, -0.1) is 0 Å². The average Bonchev–Trinajstić information content (AvgIpc) is 1.61. The van der Waals surface area contributed by atoms with Crippen LogP contribution in [-0.4, -0.2) is 6.61 Å². The van der Waals surface area contributed by atoms with Gasteiger partial charge in [0.1, 0.15) is 6.61 Å². The van der Waals surface area contributed by atoms with Gasteiger partial charge in [0, 0.05) is 0 Å². The maximum Gasteiger partial charge on any atom is 0.106 e. The molecule has 0 aromatic heterocycles. The van der Waals surface area contributed by atoms with E-state index in [0.29, 0.717) is 0 Å². The van der Waals surface area contributed by atoms with Gasteiger partial charge >= 0.3 is 0 Å².